The van der Waals surface area contributed by atoms with Gasteiger partial charge >= 0.3 is 0 Å². The Morgan fingerprint density at radius 1 is 1.12 bits per heavy atom. The van der Waals surface area contributed by atoms with Crippen molar-refractivity contribution in [1.29, 1.82) is 0 Å². The highest BCUT2D eigenvalue weighted by Crippen LogP contribution is 2.35. The summed E-state index contributed by atoms with van der Waals surface area (Å²) >= 11 is 3.30. The van der Waals surface area contributed by atoms with Crippen LogP contribution in [0.5, 0.6) is 23.0 Å². The van der Waals surface area contributed by atoms with E-state index in [1.807, 2.05) is 25.1 Å². The lowest BCUT2D eigenvalue weighted by Gasteiger charge is -2.09. The van der Waals surface area contributed by atoms with Crippen LogP contribution < -0.4 is 19.6 Å². The fourth-order valence-electron chi connectivity index (χ4n) is 2.18. The number of phenols is 1. The second kappa shape index (κ2) is 9.17. The van der Waals surface area contributed by atoms with Crippen LogP contribution in [0.4, 0.5) is 0 Å². The summed E-state index contributed by atoms with van der Waals surface area (Å²) in [5.74, 6) is 1.86. The predicted molar refractivity (Wildman–Crippen MR) is 101 cm³/mol. The molecule has 25 heavy (non-hydrogen) atoms. The van der Waals surface area contributed by atoms with E-state index in [2.05, 4.69) is 26.5 Å². The maximum Gasteiger partial charge on any atom is 0.172 e. The number of nitrogens with one attached hydrogen (secondary N) is 1. The molecule has 2 aromatic rings. The molecule has 0 atom stereocenters. The molecule has 0 aliphatic heterocycles. The minimum absolute atomic E-state index is 0.0808. The van der Waals surface area contributed by atoms with E-state index in [9.17, 15) is 5.11 Å². The van der Waals surface area contributed by atoms with Gasteiger partial charge in [0.1, 0.15) is 0 Å². The van der Waals surface area contributed by atoms with E-state index in [0.717, 1.165) is 11.1 Å². The Labute approximate surface area is 155 Å². The first kappa shape index (κ1) is 18.9. The number of nitrogens with zero attached hydrogens (tertiary/aromatic N) is 1. The Hall–Kier alpha value is -2.41. The topological polar surface area (TPSA) is 72.3 Å². The number of rotatable bonds is 8. The van der Waals surface area contributed by atoms with Crippen molar-refractivity contribution in [2.24, 2.45) is 5.10 Å². The molecule has 0 bridgehead atoms. The van der Waals surface area contributed by atoms with Gasteiger partial charge in [0.05, 0.1) is 38.1 Å². The number of benzene rings is 2. The summed E-state index contributed by atoms with van der Waals surface area (Å²) in [6.07, 6.45) is 1.66. The Kier molecular flexibility index (Phi) is 6.94. The van der Waals surface area contributed by atoms with Crippen molar-refractivity contribution in [2.45, 2.75) is 13.5 Å². The van der Waals surface area contributed by atoms with Crippen LogP contribution in [0.15, 0.2) is 39.9 Å². The zero-order chi connectivity index (χ0) is 18.2. The minimum Gasteiger partial charge on any atom is -0.503 e. The normalized spacial score (nSPS) is 10.7. The van der Waals surface area contributed by atoms with Gasteiger partial charge in [-0.3, -0.25) is 0 Å². The van der Waals surface area contributed by atoms with Crippen LogP contribution in [0.1, 0.15) is 18.1 Å². The van der Waals surface area contributed by atoms with Crippen molar-refractivity contribution in [3.8, 4) is 23.0 Å². The summed E-state index contributed by atoms with van der Waals surface area (Å²) < 4.78 is 16.4. The SMILES string of the molecule is CCOc1cc(/C=N/NCc2ccc(OC)c(OC)c2)cc(Br)c1O. The Morgan fingerprint density at radius 3 is 2.56 bits per heavy atom. The molecule has 0 radical (unpaired) electrons. The minimum atomic E-state index is 0.0808. The molecule has 2 aromatic carbocycles. The largest absolute Gasteiger partial charge is 0.503 e. The molecule has 6 nitrogen and oxygen atoms in total. The van der Waals surface area contributed by atoms with E-state index in [4.69, 9.17) is 14.2 Å². The third-order valence-electron chi connectivity index (χ3n) is 3.39. The van der Waals surface area contributed by atoms with Gasteiger partial charge in [-0.2, -0.15) is 5.10 Å². The summed E-state index contributed by atoms with van der Waals surface area (Å²) in [6, 6.07) is 9.18. The fourth-order valence-corrected chi connectivity index (χ4v) is 2.64. The highest BCUT2D eigenvalue weighted by Gasteiger charge is 2.08. The van der Waals surface area contributed by atoms with Crippen LogP contribution in [-0.2, 0) is 6.54 Å². The van der Waals surface area contributed by atoms with Gasteiger partial charge in [0.25, 0.3) is 0 Å². The van der Waals surface area contributed by atoms with Crippen molar-refractivity contribution in [1.82, 2.24) is 5.43 Å². The van der Waals surface area contributed by atoms with Crippen LogP contribution in [0.3, 0.4) is 0 Å². The van der Waals surface area contributed by atoms with E-state index in [-0.39, 0.29) is 5.75 Å². The van der Waals surface area contributed by atoms with Crippen LogP contribution in [0, 0.1) is 0 Å². The first-order valence-corrected chi connectivity index (χ1v) is 8.50. The van der Waals surface area contributed by atoms with Gasteiger partial charge < -0.3 is 24.7 Å². The van der Waals surface area contributed by atoms with E-state index < -0.39 is 0 Å². The van der Waals surface area contributed by atoms with Crippen LogP contribution >= 0.6 is 15.9 Å². The summed E-state index contributed by atoms with van der Waals surface area (Å²) in [5, 5.41) is 14.1. The highest BCUT2D eigenvalue weighted by molar-refractivity contribution is 9.10. The van der Waals surface area contributed by atoms with Gasteiger partial charge in [-0.1, -0.05) is 6.07 Å². The molecule has 0 heterocycles. The molecule has 0 aliphatic carbocycles. The average Bonchev–Trinajstić information content (AvgIpc) is 2.62. The fraction of sp³-hybridized carbons (Fsp3) is 0.278. The lowest BCUT2D eigenvalue weighted by Crippen LogP contribution is -2.06. The van der Waals surface area contributed by atoms with Crippen molar-refractivity contribution >= 4 is 22.1 Å². The molecule has 0 spiro atoms. The molecule has 0 aromatic heterocycles. The number of aromatic hydroxyl groups is 1. The maximum atomic E-state index is 9.91. The number of halogens is 1. The molecule has 0 saturated heterocycles. The predicted octanol–water partition coefficient (Wildman–Crippen LogP) is 3.69. The summed E-state index contributed by atoms with van der Waals surface area (Å²) in [5.41, 5.74) is 4.79. The van der Waals surface area contributed by atoms with Gasteiger partial charge in [-0.15, -0.1) is 0 Å². The van der Waals surface area contributed by atoms with E-state index in [1.54, 1.807) is 32.6 Å². The van der Waals surface area contributed by atoms with Gasteiger partial charge in [-0.25, -0.2) is 0 Å². The highest BCUT2D eigenvalue weighted by atomic mass is 79.9. The number of hydrogen-bond acceptors (Lipinski definition) is 6. The van der Waals surface area contributed by atoms with Crippen LogP contribution in [0.2, 0.25) is 0 Å². The Morgan fingerprint density at radius 2 is 1.88 bits per heavy atom. The zero-order valence-corrected chi connectivity index (χ0v) is 16.0. The lowest BCUT2D eigenvalue weighted by atomic mass is 10.2. The Bertz CT molecular complexity index is 750. The van der Waals surface area contributed by atoms with Crippen molar-refractivity contribution in [3.05, 3.63) is 45.9 Å². The van der Waals surface area contributed by atoms with E-state index in [1.165, 1.54) is 0 Å². The molecule has 0 fully saturated rings. The second-order valence-electron chi connectivity index (χ2n) is 5.06. The number of hydrazone groups is 1. The number of hydrogen-bond donors (Lipinski definition) is 2. The maximum absolute atomic E-state index is 9.91. The first-order chi connectivity index (χ1) is 12.1. The molecule has 0 saturated carbocycles. The monoisotopic (exact) mass is 408 g/mol. The van der Waals surface area contributed by atoms with Crippen molar-refractivity contribution in [2.75, 3.05) is 20.8 Å². The van der Waals surface area contributed by atoms with Gasteiger partial charge in [0.2, 0.25) is 0 Å². The Balaban J connectivity index is 2.02. The van der Waals surface area contributed by atoms with E-state index >= 15 is 0 Å². The van der Waals surface area contributed by atoms with E-state index in [0.29, 0.717) is 34.9 Å². The quantitative estimate of drug-likeness (QED) is 0.514. The summed E-state index contributed by atoms with van der Waals surface area (Å²) in [7, 11) is 3.21. The summed E-state index contributed by atoms with van der Waals surface area (Å²) in [6.45, 7) is 2.87. The number of phenolic OH excluding ortho intramolecular Hbond substituents is 1. The van der Waals surface area contributed by atoms with Gasteiger partial charge in [-0.05, 0) is 58.2 Å². The third-order valence-corrected chi connectivity index (χ3v) is 3.99. The van der Waals surface area contributed by atoms with Crippen molar-refractivity contribution in [3.63, 3.8) is 0 Å². The zero-order valence-electron chi connectivity index (χ0n) is 14.4. The number of methoxy groups -OCH3 is 2. The summed E-state index contributed by atoms with van der Waals surface area (Å²) in [4.78, 5) is 0. The second-order valence-corrected chi connectivity index (χ2v) is 5.92. The molecule has 7 heteroatoms. The van der Waals surface area contributed by atoms with Crippen LogP contribution in [0.25, 0.3) is 0 Å². The lowest BCUT2D eigenvalue weighted by molar-refractivity contribution is 0.317. The van der Waals surface area contributed by atoms with Crippen LogP contribution in [-0.4, -0.2) is 32.1 Å². The molecular weight excluding hydrogens is 388 g/mol. The molecule has 2 N–H and O–H groups in total. The molecule has 0 unspecified atom stereocenters. The molecule has 0 aliphatic rings. The molecular formula is C18H21BrN2O4. The molecule has 2 rings (SSSR count). The van der Waals surface area contributed by atoms with Crippen molar-refractivity contribution < 1.29 is 19.3 Å². The third kappa shape index (κ3) is 5.03. The molecule has 134 valence electrons. The first-order valence-electron chi connectivity index (χ1n) is 7.71. The number of ether oxygens (including phenoxy) is 3. The average molecular weight is 409 g/mol. The molecule has 0 amide bonds. The smallest absolute Gasteiger partial charge is 0.172 e. The standard InChI is InChI=1S/C18H21BrN2O4/c1-4-25-17-9-13(7-14(19)18(17)22)11-21-20-10-12-5-6-15(23-2)16(8-12)24-3/h5-9,11,20,22H,4,10H2,1-3H3/b21-11+. The van der Waals surface area contributed by atoms with Gasteiger partial charge in [0.15, 0.2) is 23.0 Å². The van der Waals surface area contributed by atoms with Gasteiger partial charge in [0, 0.05) is 0 Å².